The summed E-state index contributed by atoms with van der Waals surface area (Å²) < 4.78 is 3.08. The first-order valence-corrected chi connectivity index (χ1v) is 7.97. The van der Waals surface area contributed by atoms with Gasteiger partial charge in [0.2, 0.25) is 0 Å². The van der Waals surface area contributed by atoms with Crippen LogP contribution in [-0.4, -0.2) is 16.3 Å². The van der Waals surface area contributed by atoms with Crippen molar-refractivity contribution in [2.45, 2.75) is 53.5 Å². The van der Waals surface area contributed by atoms with E-state index in [0.29, 0.717) is 17.4 Å². The Morgan fingerprint density at radius 3 is 2.47 bits per heavy atom. The number of hydrogen-bond donors (Lipinski definition) is 1. The minimum Gasteiger partial charge on any atom is -0.309 e. The van der Waals surface area contributed by atoms with E-state index in [1.165, 1.54) is 5.69 Å². The minimum absolute atomic E-state index is 0.331. The summed E-state index contributed by atoms with van der Waals surface area (Å²) in [5, 5.41) is 8.01. The maximum Gasteiger partial charge on any atom is 0.0692 e. The van der Waals surface area contributed by atoms with E-state index in [2.05, 4.69) is 61.0 Å². The molecule has 1 aromatic heterocycles. The molecule has 0 spiro atoms. The molecule has 110 valence electrons. The van der Waals surface area contributed by atoms with Crippen LogP contribution in [0.25, 0.3) is 0 Å². The van der Waals surface area contributed by atoms with Crippen LogP contribution in [0.2, 0.25) is 0 Å². The first-order valence-electron chi connectivity index (χ1n) is 7.18. The molecule has 0 bridgehead atoms. The summed E-state index contributed by atoms with van der Waals surface area (Å²) in [4.78, 5) is 0. The van der Waals surface area contributed by atoms with Crippen LogP contribution < -0.4 is 5.32 Å². The van der Waals surface area contributed by atoms with Gasteiger partial charge in [0.25, 0.3) is 0 Å². The number of aryl methyl sites for hydroxylation is 1. The lowest BCUT2D eigenvalue weighted by atomic mass is 9.78. The highest BCUT2D eigenvalue weighted by atomic mass is 79.9. The molecule has 4 heteroatoms. The Labute approximate surface area is 126 Å². The number of rotatable bonds is 6. The predicted octanol–water partition coefficient (Wildman–Crippen LogP) is 4.30. The van der Waals surface area contributed by atoms with Gasteiger partial charge in [-0.25, -0.2) is 0 Å². The Morgan fingerprint density at radius 2 is 2.05 bits per heavy atom. The number of nitrogens with zero attached hydrogens (tertiary/aromatic N) is 2. The molecule has 2 atom stereocenters. The first-order chi connectivity index (χ1) is 8.77. The van der Waals surface area contributed by atoms with Crippen LogP contribution in [0, 0.1) is 11.3 Å². The molecule has 3 nitrogen and oxygen atoms in total. The molecule has 0 aliphatic rings. The summed E-state index contributed by atoms with van der Waals surface area (Å²) in [7, 11) is 2.02. The molecule has 1 aromatic rings. The molecule has 0 fully saturated rings. The van der Waals surface area contributed by atoms with Gasteiger partial charge in [-0.05, 0) is 46.6 Å². The molecule has 0 amide bonds. The van der Waals surface area contributed by atoms with Crippen LogP contribution in [-0.2, 0) is 7.05 Å². The summed E-state index contributed by atoms with van der Waals surface area (Å²) >= 11 is 3.63. The van der Waals surface area contributed by atoms with E-state index in [1.54, 1.807) is 0 Å². The molecular weight excluding hydrogens is 302 g/mol. The zero-order valence-electron chi connectivity index (χ0n) is 13.1. The lowest BCUT2D eigenvalue weighted by Crippen LogP contribution is -2.29. The summed E-state index contributed by atoms with van der Waals surface area (Å²) in [5.41, 5.74) is 1.58. The Bertz CT molecular complexity index is 373. The van der Waals surface area contributed by atoms with Crippen LogP contribution >= 0.6 is 15.9 Å². The molecule has 1 N–H and O–H groups in total. The zero-order valence-corrected chi connectivity index (χ0v) is 14.7. The van der Waals surface area contributed by atoms with E-state index in [1.807, 2.05) is 17.9 Å². The Morgan fingerprint density at radius 1 is 1.42 bits per heavy atom. The van der Waals surface area contributed by atoms with Crippen molar-refractivity contribution >= 4 is 15.9 Å². The number of aromatic nitrogens is 2. The maximum absolute atomic E-state index is 4.34. The summed E-state index contributed by atoms with van der Waals surface area (Å²) in [5.74, 6) is 0.642. The van der Waals surface area contributed by atoms with Crippen molar-refractivity contribution < 1.29 is 0 Å². The van der Waals surface area contributed by atoms with Gasteiger partial charge in [-0.2, -0.15) is 5.10 Å². The average Bonchev–Trinajstić information content (AvgIpc) is 2.63. The molecule has 0 aliphatic carbocycles. The van der Waals surface area contributed by atoms with Crippen molar-refractivity contribution in [2.75, 3.05) is 6.54 Å². The largest absolute Gasteiger partial charge is 0.309 e. The van der Waals surface area contributed by atoms with Crippen LogP contribution in [0.5, 0.6) is 0 Å². The van der Waals surface area contributed by atoms with Gasteiger partial charge in [0.1, 0.15) is 0 Å². The van der Waals surface area contributed by atoms with Crippen molar-refractivity contribution in [3.8, 4) is 0 Å². The van der Waals surface area contributed by atoms with E-state index in [9.17, 15) is 0 Å². The highest BCUT2D eigenvalue weighted by Gasteiger charge is 2.26. The monoisotopic (exact) mass is 329 g/mol. The van der Waals surface area contributed by atoms with Gasteiger partial charge in [0.05, 0.1) is 22.4 Å². The Balaban J connectivity index is 2.90. The topological polar surface area (TPSA) is 29.9 Å². The van der Waals surface area contributed by atoms with E-state index < -0.39 is 0 Å². The van der Waals surface area contributed by atoms with Gasteiger partial charge in [-0.3, -0.25) is 4.68 Å². The molecule has 0 saturated heterocycles. The van der Waals surface area contributed by atoms with E-state index in [4.69, 9.17) is 0 Å². The molecule has 0 saturated carbocycles. The Kier molecular flexibility index (Phi) is 6.06. The highest BCUT2D eigenvalue weighted by Crippen LogP contribution is 2.35. The van der Waals surface area contributed by atoms with Crippen molar-refractivity contribution in [3.63, 3.8) is 0 Å². The quantitative estimate of drug-likeness (QED) is 0.843. The Hall–Kier alpha value is -0.350. The second-order valence-corrected chi connectivity index (χ2v) is 7.37. The lowest BCUT2D eigenvalue weighted by Gasteiger charge is -2.31. The smallest absolute Gasteiger partial charge is 0.0692 e. The third-order valence-corrected chi connectivity index (χ3v) is 4.59. The first kappa shape index (κ1) is 16.7. The predicted molar refractivity (Wildman–Crippen MR) is 85.2 cm³/mol. The third-order valence-electron chi connectivity index (χ3n) is 3.98. The number of nitrogens with one attached hydrogen (secondary N) is 1. The van der Waals surface area contributed by atoms with Crippen LogP contribution in [0.15, 0.2) is 10.7 Å². The molecule has 1 heterocycles. The number of halogens is 1. The fourth-order valence-corrected chi connectivity index (χ4v) is 2.75. The third kappa shape index (κ3) is 4.60. The lowest BCUT2D eigenvalue weighted by molar-refractivity contribution is 0.220. The SMILES string of the molecule is CCCNC(CC(C)C(C)(C)C)c1c(Br)cnn1C. The van der Waals surface area contributed by atoms with Crippen molar-refractivity contribution in [1.29, 1.82) is 0 Å². The minimum atomic E-state index is 0.331. The fourth-order valence-electron chi connectivity index (χ4n) is 2.13. The fraction of sp³-hybridized carbons (Fsp3) is 0.800. The van der Waals surface area contributed by atoms with Gasteiger partial charge < -0.3 is 5.32 Å². The standard InChI is InChI=1S/C15H28BrN3/c1-7-8-17-13(9-11(2)15(3,4)5)14-12(16)10-18-19(14)6/h10-11,13,17H,7-9H2,1-6H3. The van der Waals surface area contributed by atoms with Crippen molar-refractivity contribution in [3.05, 3.63) is 16.4 Å². The summed E-state index contributed by atoms with van der Waals surface area (Å²) in [6.45, 7) is 12.5. The van der Waals surface area contributed by atoms with Gasteiger partial charge in [-0.15, -0.1) is 0 Å². The van der Waals surface area contributed by atoms with Crippen molar-refractivity contribution in [1.82, 2.24) is 15.1 Å². The maximum atomic E-state index is 4.34. The molecule has 0 radical (unpaired) electrons. The second kappa shape index (κ2) is 6.89. The average molecular weight is 330 g/mol. The van der Waals surface area contributed by atoms with E-state index in [-0.39, 0.29) is 0 Å². The highest BCUT2D eigenvalue weighted by molar-refractivity contribution is 9.10. The molecule has 0 aliphatic heterocycles. The van der Waals surface area contributed by atoms with Crippen molar-refractivity contribution in [2.24, 2.45) is 18.4 Å². The molecule has 0 aromatic carbocycles. The normalized spacial score (nSPS) is 15.5. The van der Waals surface area contributed by atoms with E-state index in [0.717, 1.165) is 23.9 Å². The van der Waals surface area contributed by atoms with Gasteiger partial charge in [0, 0.05) is 7.05 Å². The van der Waals surface area contributed by atoms with Crippen LogP contribution in [0.4, 0.5) is 0 Å². The summed E-state index contributed by atoms with van der Waals surface area (Å²) in [6.07, 6.45) is 4.16. The number of hydrogen-bond acceptors (Lipinski definition) is 2. The van der Waals surface area contributed by atoms with Gasteiger partial charge >= 0.3 is 0 Å². The molecule has 1 rings (SSSR count). The zero-order chi connectivity index (χ0) is 14.6. The molecule has 2 unspecified atom stereocenters. The van der Waals surface area contributed by atoms with E-state index >= 15 is 0 Å². The van der Waals surface area contributed by atoms with Gasteiger partial charge in [0.15, 0.2) is 0 Å². The molecule has 19 heavy (non-hydrogen) atoms. The van der Waals surface area contributed by atoms with Crippen LogP contribution in [0.3, 0.4) is 0 Å². The second-order valence-electron chi connectivity index (χ2n) is 6.51. The summed E-state index contributed by atoms with van der Waals surface area (Å²) in [6, 6.07) is 0.357. The van der Waals surface area contributed by atoms with Crippen LogP contribution in [0.1, 0.15) is 59.2 Å². The molecular formula is C15H28BrN3. The van der Waals surface area contributed by atoms with Gasteiger partial charge in [-0.1, -0.05) is 34.6 Å².